The van der Waals surface area contributed by atoms with Crippen LogP contribution >= 0.6 is 0 Å². The predicted octanol–water partition coefficient (Wildman–Crippen LogP) is 6.28. The summed E-state index contributed by atoms with van der Waals surface area (Å²) in [6.45, 7) is 2.13. The number of amides is 1. The predicted molar refractivity (Wildman–Crippen MR) is 132 cm³/mol. The molecule has 164 valence electrons. The minimum Gasteiger partial charge on any atom is -0.325 e. The van der Waals surface area contributed by atoms with Gasteiger partial charge in [0.05, 0.1) is 0 Å². The first-order valence-electron chi connectivity index (χ1n) is 11.5. The quantitative estimate of drug-likeness (QED) is 0.492. The molecule has 1 amide bonds. The molecule has 0 fully saturated rings. The molecule has 5 rings (SSSR count). The molecule has 0 saturated carbocycles. The molecule has 0 aliphatic heterocycles. The Morgan fingerprint density at radius 3 is 1.97 bits per heavy atom. The lowest BCUT2D eigenvalue weighted by molar-refractivity contribution is -0.130. The smallest absolute Gasteiger partial charge is 0.235 e. The average Bonchev–Trinajstić information content (AvgIpc) is 2.84. The van der Waals surface area contributed by atoms with Gasteiger partial charge < -0.3 is 5.32 Å². The number of hydrogen-bond acceptors (Lipinski definition) is 2. The van der Waals surface area contributed by atoms with Crippen molar-refractivity contribution < 1.29 is 9.59 Å². The highest BCUT2D eigenvalue weighted by atomic mass is 16.2. The van der Waals surface area contributed by atoms with E-state index in [1.54, 1.807) is 6.08 Å². The van der Waals surface area contributed by atoms with Crippen LogP contribution in [-0.4, -0.2) is 11.7 Å². The van der Waals surface area contributed by atoms with E-state index in [4.69, 9.17) is 0 Å². The van der Waals surface area contributed by atoms with Crippen LogP contribution in [0.3, 0.4) is 0 Å². The Balaban J connectivity index is 1.63. The fraction of sp³-hybridized carbons (Fsp3) is 0.200. The van der Waals surface area contributed by atoms with Gasteiger partial charge in [-0.1, -0.05) is 90.5 Å². The fourth-order valence-electron chi connectivity index (χ4n) is 5.51. The Bertz CT molecular complexity index is 1210. The third-order valence-electron chi connectivity index (χ3n) is 6.87. The lowest BCUT2D eigenvalue weighted by Crippen LogP contribution is -2.43. The third-order valence-corrected chi connectivity index (χ3v) is 6.87. The summed E-state index contributed by atoms with van der Waals surface area (Å²) in [6.07, 6.45) is 4.79. The second kappa shape index (κ2) is 9.03. The highest BCUT2D eigenvalue weighted by Gasteiger charge is 2.48. The summed E-state index contributed by atoms with van der Waals surface area (Å²) in [5.41, 5.74) is 5.28. The van der Waals surface area contributed by atoms with Gasteiger partial charge in [0.15, 0.2) is 5.78 Å². The number of allylic oxidation sites excluding steroid dienone is 4. The SMILES string of the molecule is CC1=CC2=CC(=O)C(C(=O)Nc3ccccc3)C(c3ccccc3)C2C(c2ccccc2)C1. The number of hydrogen-bond donors (Lipinski definition) is 1. The molecule has 1 N–H and O–H groups in total. The molecule has 0 spiro atoms. The van der Waals surface area contributed by atoms with Crippen LogP contribution in [0, 0.1) is 11.8 Å². The standard InChI is InChI=1S/C30H27NO2/c1-20-17-23-19-26(32)29(30(33)31-24-15-9-4-10-16-24)28(22-13-7-3-8-14-22)27(23)25(18-20)21-11-5-2-6-12-21/h2-17,19,25,27-29H,18H2,1H3,(H,31,33). The molecule has 2 aliphatic carbocycles. The lowest BCUT2D eigenvalue weighted by Gasteiger charge is -2.43. The van der Waals surface area contributed by atoms with E-state index in [1.807, 2.05) is 54.6 Å². The van der Waals surface area contributed by atoms with Crippen LogP contribution in [0.5, 0.6) is 0 Å². The van der Waals surface area contributed by atoms with E-state index in [2.05, 4.69) is 54.7 Å². The van der Waals surface area contributed by atoms with Gasteiger partial charge in [-0.3, -0.25) is 9.59 Å². The van der Waals surface area contributed by atoms with Crippen LogP contribution < -0.4 is 5.32 Å². The van der Waals surface area contributed by atoms with Crippen LogP contribution in [-0.2, 0) is 9.59 Å². The van der Waals surface area contributed by atoms with Crippen molar-refractivity contribution in [3.63, 3.8) is 0 Å². The van der Waals surface area contributed by atoms with Crippen LogP contribution in [0.15, 0.2) is 114 Å². The molecular formula is C30H27NO2. The number of carbonyl (C=O) groups is 2. The zero-order chi connectivity index (χ0) is 22.8. The average molecular weight is 434 g/mol. The summed E-state index contributed by atoms with van der Waals surface area (Å²) in [4.78, 5) is 27.0. The normalized spacial score (nSPS) is 24.3. The van der Waals surface area contributed by atoms with Crippen LogP contribution in [0.2, 0.25) is 0 Å². The van der Waals surface area contributed by atoms with E-state index in [1.165, 1.54) is 11.1 Å². The molecule has 0 heterocycles. The van der Waals surface area contributed by atoms with E-state index < -0.39 is 5.92 Å². The minimum atomic E-state index is -0.778. The Labute approximate surface area is 194 Å². The maximum absolute atomic E-state index is 13.6. The molecule has 3 aromatic carbocycles. The number of anilines is 1. The molecule has 0 bridgehead atoms. The van der Waals surface area contributed by atoms with Crippen molar-refractivity contribution in [2.75, 3.05) is 5.32 Å². The number of fused-ring (bicyclic) bond motifs is 1. The summed E-state index contributed by atoms with van der Waals surface area (Å²) < 4.78 is 0. The molecule has 3 nitrogen and oxygen atoms in total. The van der Waals surface area contributed by atoms with E-state index in [9.17, 15) is 9.59 Å². The first-order chi connectivity index (χ1) is 16.1. The van der Waals surface area contributed by atoms with Gasteiger partial charge in [0.25, 0.3) is 0 Å². The number of carbonyl (C=O) groups excluding carboxylic acids is 2. The number of nitrogens with one attached hydrogen (secondary N) is 1. The Morgan fingerprint density at radius 1 is 0.758 bits per heavy atom. The highest BCUT2D eigenvalue weighted by molar-refractivity contribution is 6.13. The molecule has 2 aliphatic rings. The first-order valence-corrected chi connectivity index (χ1v) is 11.5. The molecular weight excluding hydrogens is 406 g/mol. The molecule has 3 heteroatoms. The molecule has 33 heavy (non-hydrogen) atoms. The van der Waals surface area contributed by atoms with Gasteiger partial charge in [0, 0.05) is 11.6 Å². The van der Waals surface area contributed by atoms with Gasteiger partial charge in [0.1, 0.15) is 5.92 Å². The van der Waals surface area contributed by atoms with Crippen molar-refractivity contribution in [2.24, 2.45) is 11.8 Å². The van der Waals surface area contributed by atoms with Gasteiger partial charge in [-0.05, 0) is 60.1 Å². The van der Waals surface area contributed by atoms with Gasteiger partial charge >= 0.3 is 0 Å². The molecule has 4 unspecified atom stereocenters. The van der Waals surface area contributed by atoms with Gasteiger partial charge in [0.2, 0.25) is 5.91 Å². The summed E-state index contributed by atoms with van der Waals surface area (Å²) in [5.74, 6) is -1.14. The number of benzene rings is 3. The fourth-order valence-corrected chi connectivity index (χ4v) is 5.51. The van der Waals surface area contributed by atoms with Crippen molar-refractivity contribution in [1.82, 2.24) is 0 Å². The largest absolute Gasteiger partial charge is 0.325 e. The van der Waals surface area contributed by atoms with E-state index in [0.29, 0.717) is 5.69 Å². The summed E-state index contributed by atoms with van der Waals surface area (Å²) in [6, 6.07) is 29.9. The lowest BCUT2D eigenvalue weighted by atomic mass is 9.59. The van der Waals surface area contributed by atoms with Crippen molar-refractivity contribution in [3.05, 3.63) is 125 Å². The zero-order valence-corrected chi connectivity index (χ0v) is 18.6. The third kappa shape index (κ3) is 4.19. The summed E-state index contributed by atoms with van der Waals surface area (Å²) in [5, 5.41) is 3.00. The maximum Gasteiger partial charge on any atom is 0.235 e. The van der Waals surface area contributed by atoms with Crippen molar-refractivity contribution in [2.45, 2.75) is 25.2 Å². The molecule has 4 atom stereocenters. The minimum absolute atomic E-state index is 0.0442. The van der Waals surface area contributed by atoms with E-state index in [-0.39, 0.29) is 29.4 Å². The van der Waals surface area contributed by atoms with Crippen LogP contribution in [0.4, 0.5) is 5.69 Å². The van der Waals surface area contributed by atoms with Crippen molar-refractivity contribution in [1.29, 1.82) is 0 Å². The van der Waals surface area contributed by atoms with Crippen LogP contribution in [0.1, 0.15) is 36.3 Å². The molecule has 0 radical (unpaired) electrons. The number of ketones is 1. The maximum atomic E-state index is 13.6. The van der Waals surface area contributed by atoms with Gasteiger partial charge in [-0.15, -0.1) is 0 Å². The van der Waals surface area contributed by atoms with E-state index in [0.717, 1.165) is 17.6 Å². The van der Waals surface area contributed by atoms with Gasteiger partial charge in [-0.25, -0.2) is 0 Å². The second-order valence-electron chi connectivity index (χ2n) is 9.05. The molecule has 0 saturated heterocycles. The molecule has 3 aromatic rings. The Morgan fingerprint density at radius 2 is 1.33 bits per heavy atom. The topological polar surface area (TPSA) is 46.2 Å². The first kappa shape index (κ1) is 21.1. The van der Waals surface area contributed by atoms with Crippen molar-refractivity contribution >= 4 is 17.4 Å². The van der Waals surface area contributed by atoms with Gasteiger partial charge in [-0.2, -0.15) is 0 Å². The Hall–Kier alpha value is -3.72. The number of rotatable bonds is 4. The number of para-hydroxylation sites is 1. The monoisotopic (exact) mass is 433 g/mol. The highest BCUT2D eigenvalue weighted by Crippen LogP contribution is 2.52. The zero-order valence-electron chi connectivity index (χ0n) is 18.6. The van der Waals surface area contributed by atoms with Crippen LogP contribution in [0.25, 0.3) is 0 Å². The summed E-state index contributed by atoms with van der Waals surface area (Å²) in [7, 11) is 0. The van der Waals surface area contributed by atoms with E-state index >= 15 is 0 Å². The second-order valence-corrected chi connectivity index (χ2v) is 9.05. The van der Waals surface area contributed by atoms with Crippen molar-refractivity contribution in [3.8, 4) is 0 Å². The Kier molecular flexibility index (Phi) is 5.78. The molecule has 0 aromatic heterocycles. The summed E-state index contributed by atoms with van der Waals surface area (Å²) >= 11 is 0.